The van der Waals surface area contributed by atoms with Gasteiger partial charge in [0.1, 0.15) is 11.5 Å². The van der Waals surface area contributed by atoms with Gasteiger partial charge in [-0.25, -0.2) is 0 Å². The van der Waals surface area contributed by atoms with Crippen molar-refractivity contribution in [2.45, 2.75) is 13.5 Å². The molecule has 0 heterocycles. The van der Waals surface area contributed by atoms with Gasteiger partial charge in [0, 0.05) is 30.9 Å². The zero-order chi connectivity index (χ0) is 16.8. The summed E-state index contributed by atoms with van der Waals surface area (Å²) in [7, 11) is 5.28. The maximum absolute atomic E-state index is 5.48. The van der Waals surface area contributed by atoms with E-state index in [0.29, 0.717) is 11.7 Å². The second kappa shape index (κ2) is 7.83. The van der Waals surface area contributed by atoms with Crippen LogP contribution in [0.2, 0.25) is 0 Å². The Hall–Kier alpha value is -2.27. The van der Waals surface area contributed by atoms with Crippen LogP contribution < -0.4 is 14.8 Å². The molecule has 0 spiro atoms. The van der Waals surface area contributed by atoms with Gasteiger partial charge in [0.05, 0.1) is 14.2 Å². The smallest absolute Gasteiger partial charge is 0.173 e. The van der Waals surface area contributed by atoms with E-state index in [9.17, 15) is 0 Å². The first kappa shape index (κ1) is 17.1. The minimum absolute atomic E-state index is 0.641. The van der Waals surface area contributed by atoms with Crippen molar-refractivity contribution < 1.29 is 9.47 Å². The second-order valence-corrected chi connectivity index (χ2v) is 5.72. The Balaban J connectivity index is 2.06. The number of hydrogen-bond donors (Lipinski definition) is 1. The van der Waals surface area contributed by atoms with Gasteiger partial charge in [-0.2, -0.15) is 0 Å². The third kappa shape index (κ3) is 4.60. The lowest BCUT2D eigenvalue weighted by Gasteiger charge is -2.22. The Morgan fingerprint density at radius 2 is 1.91 bits per heavy atom. The zero-order valence-corrected chi connectivity index (χ0v) is 14.7. The minimum Gasteiger partial charge on any atom is -0.497 e. The molecule has 0 amide bonds. The van der Waals surface area contributed by atoms with Crippen molar-refractivity contribution >= 4 is 23.0 Å². The van der Waals surface area contributed by atoms with Gasteiger partial charge in [-0.15, -0.1) is 0 Å². The molecule has 0 bridgehead atoms. The predicted molar refractivity (Wildman–Crippen MR) is 98.4 cm³/mol. The van der Waals surface area contributed by atoms with E-state index in [2.05, 4.69) is 18.3 Å². The number of methoxy groups -OCH3 is 2. The topological polar surface area (TPSA) is 33.7 Å². The molecule has 0 aliphatic carbocycles. The van der Waals surface area contributed by atoms with Crippen molar-refractivity contribution in [3.63, 3.8) is 0 Å². The molecule has 4 nitrogen and oxygen atoms in total. The Kier molecular flexibility index (Phi) is 5.82. The van der Waals surface area contributed by atoms with Gasteiger partial charge in [-0.05, 0) is 37.3 Å². The molecule has 0 saturated carbocycles. The number of nitrogens with zero attached hydrogens (tertiary/aromatic N) is 1. The number of aryl methyl sites for hydroxylation is 1. The van der Waals surface area contributed by atoms with Gasteiger partial charge >= 0.3 is 0 Å². The van der Waals surface area contributed by atoms with Crippen LogP contribution in [0.5, 0.6) is 11.5 Å². The summed E-state index contributed by atoms with van der Waals surface area (Å²) in [5, 5.41) is 3.87. The monoisotopic (exact) mass is 330 g/mol. The maximum atomic E-state index is 5.48. The zero-order valence-electron chi connectivity index (χ0n) is 13.9. The minimum atomic E-state index is 0.641. The molecule has 0 radical (unpaired) electrons. The standard InChI is InChI=1S/C18H22N2O2S/c1-13-8-9-17(22-4)14(10-13)12-20(2)18(23)19-15-6-5-7-16(11-15)21-3/h5-11H,12H2,1-4H3,(H,19,23). The molecule has 0 aliphatic heterocycles. The first-order valence-corrected chi connectivity index (χ1v) is 7.74. The molecule has 2 rings (SSSR count). The fraction of sp³-hybridized carbons (Fsp3) is 0.278. The molecule has 0 aliphatic rings. The lowest BCUT2D eigenvalue weighted by atomic mass is 10.1. The molecule has 23 heavy (non-hydrogen) atoms. The molecule has 5 heteroatoms. The van der Waals surface area contributed by atoms with Crippen LogP contribution in [-0.2, 0) is 6.54 Å². The van der Waals surface area contributed by atoms with Gasteiger partial charge in [-0.1, -0.05) is 23.8 Å². The number of nitrogens with one attached hydrogen (secondary N) is 1. The van der Waals surface area contributed by atoms with Crippen molar-refractivity contribution in [1.29, 1.82) is 0 Å². The first-order valence-electron chi connectivity index (χ1n) is 7.33. The van der Waals surface area contributed by atoms with Crippen molar-refractivity contribution in [1.82, 2.24) is 4.90 Å². The Labute approximate surface area is 143 Å². The summed E-state index contributed by atoms with van der Waals surface area (Å²) in [4.78, 5) is 1.98. The van der Waals surface area contributed by atoms with E-state index < -0.39 is 0 Å². The predicted octanol–water partition coefficient (Wildman–Crippen LogP) is 3.84. The van der Waals surface area contributed by atoms with E-state index in [0.717, 1.165) is 22.7 Å². The highest BCUT2D eigenvalue weighted by molar-refractivity contribution is 7.80. The average molecular weight is 330 g/mol. The lowest BCUT2D eigenvalue weighted by molar-refractivity contribution is 0.399. The van der Waals surface area contributed by atoms with E-state index in [4.69, 9.17) is 21.7 Å². The summed E-state index contributed by atoms with van der Waals surface area (Å²) in [6.07, 6.45) is 0. The highest BCUT2D eigenvalue weighted by atomic mass is 32.1. The van der Waals surface area contributed by atoms with Crippen LogP contribution in [0.1, 0.15) is 11.1 Å². The summed E-state index contributed by atoms with van der Waals surface area (Å²) in [5.41, 5.74) is 3.20. The van der Waals surface area contributed by atoms with E-state index in [1.807, 2.05) is 48.3 Å². The molecule has 2 aromatic carbocycles. The van der Waals surface area contributed by atoms with Crippen molar-refractivity contribution in [2.75, 3.05) is 26.6 Å². The van der Waals surface area contributed by atoms with Crippen LogP contribution in [0.25, 0.3) is 0 Å². The van der Waals surface area contributed by atoms with Crippen molar-refractivity contribution in [2.24, 2.45) is 0 Å². The van der Waals surface area contributed by atoms with Gasteiger partial charge in [-0.3, -0.25) is 0 Å². The third-order valence-electron chi connectivity index (χ3n) is 3.51. The molecule has 122 valence electrons. The van der Waals surface area contributed by atoms with Crippen LogP contribution in [0.15, 0.2) is 42.5 Å². The molecule has 0 aromatic heterocycles. The van der Waals surface area contributed by atoms with Crippen LogP contribution in [0.3, 0.4) is 0 Å². The number of rotatable bonds is 5. The second-order valence-electron chi connectivity index (χ2n) is 5.33. The Morgan fingerprint density at radius 3 is 2.61 bits per heavy atom. The van der Waals surface area contributed by atoms with Gasteiger partial charge < -0.3 is 19.7 Å². The van der Waals surface area contributed by atoms with Gasteiger partial charge in [0.25, 0.3) is 0 Å². The lowest BCUT2D eigenvalue weighted by Crippen LogP contribution is -2.30. The number of benzene rings is 2. The fourth-order valence-corrected chi connectivity index (χ4v) is 2.46. The summed E-state index contributed by atoms with van der Waals surface area (Å²) >= 11 is 5.48. The largest absolute Gasteiger partial charge is 0.497 e. The molecule has 0 atom stereocenters. The van der Waals surface area contributed by atoms with Crippen LogP contribution >= 0.6 is 12.2 Å². The molecule has 0 saturated heterocycles. The van der Waals surface area contributed by atoms with Gasteiger partial charge in [0.2, 0.25) is 0 Å². The van der Waals surface area contributed by atoms with E-state index >= 15 is 0 Å². The van der Waals surface area contributed by atoms with E-state index in [1.54, 1.807) is 14.2 Å². The molecule has 0 unspecified atom stereocenters. The van der Waals surface area contributed by atoms with Crippen molar-refractivity contribution in [3.8, 4) is 11.5 Å². The molecular weight excluding hydrogens is 308 g/mol. The van der Waals surface area contributed by atoms with Gasteiger partial charge in [0.15, 0.2) is 5.11 Å². The Bertz CT molecular complexity index is 688. The number of hydrogen-bond acceptors (Lipinski definition) is 3. The highest BCUT2D eigenvalue weighted by Crippen LogP contribution is 2.22. The molecule has 1 N–H and O–H groups in total. The first-order chi connectivity index (χ1) is 11.0. The van der Waals surface area contributed by atoms with Crippen molar-refractivity contribution in [3.05, 3.63) is 53.6 Å². The third-order valence-corrected chi connectivity index (χ3v) is 3.92. The summed E-state index contributed by atoms with van der Waals surface area (Å²) < 4.78 is 10.6. The van der Waals surface area contributed by atoms with Crippen LogP contribution in [-0.4, -0.2) is 31.3 Å². The molecular formula is C18H22N2O2S. The summed E-state index contributed by atoms with van der Waals surface area (Å²) in [6.45, 7) is 2.73. The van der Waals surface area contributed by atoms with E-state index in [1.165, 1.54) is 5.56 Å². The highest BCUT2D eigenvalue weighted by Gasteiger charge is 2.10. The quantitative estimate of drug-likeness (QED) is 0.843. The number of anilines is 1. The maximum Gasteiger partial charge on any atom is 0.173 e. The number of thiocarbonyl (C=S) groups is 1. The van der Waals surface area contributed by atoms with Crippen LogP contribution in [0, 0.1) is 6.92 Å². The van der Waals surface area contributed by atoms with E-state index in [-0.39, 0.29) is 0 Å². The Morgan fingerprint density at radius 1 is 1.13 bits per heavy atom. The summed E-state index contributed by atoms with van der Waals surface area (Å²) in [6, 6.07) is 13.8. The summed E-state index contributed by atoms with van der Waals surface area (Å²) in [5.74, 6) is 1.66. The fourth-order valence-electron chi connectivity index (χ4n) is 2.28. The average Bonchev–Trinajstić information content (AvgIpc) is 2.55. The molecule has 0 fully saturated rings. The number of ether oxygens (including phenoxy) is 2. The molecule has 2 aromatic rings. The van der Waals surface area contributed by atoms with Crippen LogP contribution in [0.4, 0.5) is 5.69 Å². The SMILES string of the molecule is COc1cccc(NC(=S)N(C)Cc2cc(C)ccc2OC)c1. The normalized spacial score (nSPS) is 10.1.